The summed E-state index contributed by atoms with van der Waals surface area (Å²) in [5.74, 6) is -1.85. The van der Waals surface area contributed by atoms with Crippen LogP contribution in [-0.4, -0.2) is 40.2 Å². The van der Waals surface area contributed by atoms with Crippen molar-refractivity contribution in [2.45, 2.75) is 32.7 Å². The van der Waals surface area contributed by atoms with Gasteiger partial charge in [-0.15, -0.1) is 0 Å². The van der Waals surface area contributed by atoms with Gasteiger partial charge in [0.1, 0.15) is 23.1 Å². The molecule has 2 heterocycles. The number of carboxylic acids is 1. The van der Waals surface area contributed by atoms with Crippen molar-refractivity contribution in [3.63, 3.8) is 0 Å². The average Bonchev–Trinajstić information content (AvgIpc) is 3.01. The van der Waals surface area contributed by atoms with Crippen LogP contribution in [0.5, 0.6) is 0 Å². The van der Waals surface area contributed by atoms with Crippen LogP contribution in [0.15, 0.2) is 24.5 Å². The molecule has 1 aromatic heterocycles. The molecular weight excluding hydrogens is 354 g/mol. The van der Waals surface area contributed by atoms with E-state index in [4.69, 9.17) is 5.11 Å². The molecule has 1 saturated heterocycles. The van der Waals surface area contributed by atoms with E-state index >= 15 is 0 Å². The fourth-order valence-corrected chi connectivity index (χ4v) is 3.34. The van der Waals surface area contributed by atoms with Crippen molar-refractivity contribution in [2.75, 3.05) is 23.3 Å². The normalized spacial score (nSPS) is 16.8. The molecule has 1 unspecified atom stereocenters. The summed E-state index contributed by atoms with van der Waals surface area (Å²) in [7, 11) is 0. The van der Waals surface area contributed by atoms with Crippen molar-refractivity contribution in [1.82, 2.24) is 9.97 Å². The van der Waals surface area contributed by atoms with E-state index in [0.717, 1.165) is 0 Å². The first-order valence-corrected chi connectivity index (χ1v) is 8.88. The van der Waals surface area contributed by atoms with Gasteiger partial charge < -0.3 is 15.3 Å². The molecule has 27 heavy (non-hydrogen) atoms. The van der Waals surface area contributed by atoms with Crippen LogP contribution in [0.4, 0.5) is 20.3 Å². The van der Waals surface area contributed by atoms with Gasteiger partial charge in [0, 0.05) is 31.1 Å². The minimum atomic E-state index is -0.897. The first-order valence-electron chi connectivity index (χ1n) is 8.88. The first-order chi connectivity index (χ1) is 12.8. The third-order valence-corrected chi connectivity index (χ3v) is 4.45. The average molecular weight is 376 g/mol. The van der Waals surface area contributed by atoms with E-state index in [2.05, 4.69) is 15.3 Å². The lowest BCUT2D eigenvalue weighted by Gasteiger charge is -2.20. The molecule has 1 aliphatic rings. The molecule has 2 N–H and O–H groups in total. The van der Waals surface area contributed by atoms with Crippen LogP contribution >= 0.6 is 0 Å². The maximum atomic E-state index is 14.7. The van der Waals surface area contributed by atoms with Crippen molar-refractivity contribution < 1.29 is 18.7 Å². The molecular formula is C19H22F2N4O2. The molecule has 3 rings (SSSR count). The monoisotopic (exact) mass is 376 g/mol. The maximum absolute atomic E-state index is 14.7. The van der Waals surface area contributed by atoms with Gasteiger partial charge in [-0.3, -0.25) is 9.78 Å². The highest BCUT2D eigenvalue weighted by atomic mass is 19.1. The van der Waals surface area contributed by atoms with Gasteiger partial charge in [-0.05, 0) is 38.3 Å². The van der Waals surface area contributed by atoms with E-state index in [1.807, 2.05) is 13.8 Å². The summed E-state index contributed by atoms with van der Waals surface area (Å²) in [4.78, 5) is 20.8. The van der Waals surface area contributed by atoms with Crippen molar-refractivity contribution >= 4 is 17.5 Å². The van der Waals surface area contributed by atoms with Crippen molar-refractivity contribution in [1.29, 1.82) is 0 Å². The highest BCUT2D eigenvalue weighted by molar-refractivity contribution is 5.68. The molecule has 0 aliphatic carbocycles. The second kappa shape index (κ2) is 7.85. The minimum Gasteiger partial charge on any atom is -0.481 e. The number of anilines is 2. The second-order valence-electron chi connectivity index (χ2n) is 7.08. The summed E-state index contributed by atoms with van der Waals surface area (Å²) in [5.41, 5.74) is 0.557. The maximum Gasteiger partial charge on any atom is 0.303 e. The number of aromatic nitrogens is 2. The summed E-state index contributed by atoms with van der Waals surface area (Å²) in [6.07, 6.45) is 3.61. The number of aliphatic carboxylic acids is 1. The van der Waals surface area contributed by atoms with Crippen molar-refractivity contribution in [2.24, 2.45) is 5.92 Å². The highest BCUT2D eigenvalue weighted by Gasteiger charge is 2.28. The van der Waals surface area contributed by atoms with Crippen LogP contribution in [0.2, 0.25) is 0 Å². The first kappa shape index (κ1) is 19.0. The Balaban J connectivity index is 1.85. The Bertz CT molecular complexity index is 821. The van der Waals surface area contributed by atoms with Crippen LogP contribution in [-0.2, 0) is 4.79 Å². The van der Waals surface area contributed by atoms with Crippen molar-refractivity contribution in [3.05, 3.63) is 36.2 Å². The van der Waals surface area contributed by atoms with Crippen molar-refractivity contribution in [3.8, 4) is 11.3 Å². The molecule has 1 aliphatic heterocycles. The topological polar surface area (TPSA) is 78.4 Å². The van der Waals surface area contributed by atoms with Crippen LogP contribution < -0.4 is 10.2 Å². The standard InChI is InChI=1S/C19H22F2N4O2/c1-11(2)23-17-9-22-8-16(24-17)13-6-14(20)19(15(21)7-13)25-4-3-12(10-25)5-18(26)27/h6-9,11-12H,3-5,10H2,1-2H3,(H,23,24)(H,26,27). The van der Waals surface area contributed by atoms with Gasteiger partial charge in [0.2, 0.25) is 0 Å². The van der Waals surface area contributed by atoms with E-state index < -0.39 is 17.6 Å². The third kappa shape index (κ3) is 4.50. The molecule has 0 saturated carbocycles. The van der Waals surface area contributed by atoms with Gasteiger partial charge in [-0.1, -0.05) is 0 Å². The lowest BCUT2D eigenvalue weighted by molar-refractivity contribution is -0.137. The predicted molar refractivity (Wildman–Crippen MR) is 98.7 cm³/mol. The number of carboxylic acid groups (broad SMARTS) is 1. The Morgan fingerprint density at radius 2 is 2.04 bits per heavy atom. The zero-order valence-corrected chi connectivity index (χ0v) is 15.2. The minimum absolute atomic E-state index is 0.00303. The second-order valence-corrected chi connectivity index (χ2v) is 7.08. The highest BCUT2D eigenvalue weighted by Crippen LogP contribution is 2.33. The third-order valence-electron chi connectivity index (χ3n) is 4.45. The number of nitrogens with one attached hydrogen (secondary N) is 1. The van der Waals surface area contributed by atoms with E-state index in [-0.39, 0.29) is 24.1 Å². The number of hydrogen-bond acceptors (Lipinski definition) is 5. The molecule has 0 amide bonds. The van der Waals surface area contributed by atoms with E-state index in [0.29, 0.717) is 36.6 Å². The summed E-state index contributed by atoms with van der Waals surface area (Å²) < 4.78 is 29.4. The fourth-order valence-electron chi connectivity index (χ4n) is 3.34. The lowest BCUT2D eigenvalue weighted by Crippen LogP contribution is -2.23. The molecule has 1 atom stereocenters. The Hall–Kier alpha value is -2.77. The van der Waals surface area contributed by atoms with Gasteiger partial charge in [-0.25, -0.2) is 13.8 Å². The fraction of sp³-hybridized carbons (Fsp3) is 0.421. The van der Waals surface area contributed by atoms with Crippen LogP contribution in [0.1, 0.15) is 26.7 Å². The number of hydrogen-bond donors (Lipinski definition) is 2. The van der Waals surface area contributed by atoms with Gasteiger partial charge in [-0.2, -0.15) is 0 Å². The number of nitrogens with zero attached hydrogens (tertiary/aromatic N) is 3. The molecule has 6 nitrogen and oxygen atoms in total. The van der Waals surface area contributed by atoms with Crippen LogP contribution in [0.25, 0.3) is 11.3 Å². The summed E-state index contributed by atoms with van der Waals surface area (Å²) in [6.45, 7) is 4.66. The molecule has 8 heteroatoms. The zero-order chi connectivity index (χ0) is 19.6. The molecule has 0 bridgehead atoms. The molecule has 0 radical (unpaired) electrons. The Kier molecular flexibility index (Phi) is 5.53. The number of rotatable bonds is 6. The Labute approximate surface area is 156 Å². The SMILES string of the molecule is CC(C)Nc1cncc(-c2cc(F)c(N3CCC(CC(=O)O)C3)c(F)c2)n1. The lowest BCUT2D eigenvalue weighted by atomic mass is 10.1. The molecule has 1 aromatic carbocycles. The number of halogens is 2. The molecule has 0 spiro atoms. The van der Waals surface area contributed by atoms with E-state index in [1.54, 1.807) is 11.1 Å². The Morgan fingerprint density at radius 1 is 1.33 bits per heavy atom. The van der Waals surface area contributed by atoms with Gasteiger partial charge >= 0.3 is 5.97 Å². The smallest absolute Gasteiger partial charge is 0.303 e. The number of carbonyl (C=O) groups is 1. The zero-order valence-electron chi connectivity index (χ0n) is 15.2. The van der Waals surface area contributed by atoms with E-state index in [1.165, 1.54) is 18.3 Å². The molecule has 1 fully saturated rings. The van der Waals surface area contributed by atoms with Gasteiger partial charge in [0.15, 0.2) is 0 Å². The molecule has 2 aromatic rings. The largest absolute Gasteiger partial charge is 0.481 e. The summed E-state index contributed by atoms with van der Waals surface area (Å²) in [6, 6.07) is 2.64. The summed E-state index contributed by atoms with van der Waals surface area (Å²) >= 11 is 0. The Morgan fingerprint density at radius 3 is 2.67 bits per heavy atom. The van der Waals surface area contributed by atoms with Crippen LogP contribution in [0, 0.1) is 17.6 Å². The van der Waals surface area contributed by atoms with E-state index in [9.17, 15) is 13.6 Å². The van der Waals surface area contributed by atoms with Gasteiger partial charge in [0.05, 0.1) is 18.1 Å². The predicted octanol–water partition coefficient (Wildman–Crippen LogP) is 3.54. The van der Waals surface area contributed by atoms with Gasteiger partial charge in [0.25, 0.3) is 0 Å². The summed E-state index contributed by atoms with van der Waals surface area (Å²) in [5, 5.41) is 12.0. The van der Waals surface area contributed by atoms with Crippen LogP contribution in [0.3, 0.4) is 0 Å². The number of benzene rings is 1. The molecule has 144 valence electrons. The quantitative estimate of drug-likeness (QED) is 0.803.